The van der Waals surface area contributed by atoms with Crippen molar-refractivity contribution in [2.75, 3.05) is 19.7 Å². The summed E-state index contributed by atoms with van der Waals surface area (Å²) in [5, 5.41) is 26.7. The quantitative estimate of drug-likeness (QED) is 0.677. The lowest BCUT2D eigenvalue weighted by Crippen LogP contribution is -2.55. The van der Waals surface area contributed by atoms with Crippen LogP contribution < -0.4 is 0 Å². The van der Waals surface area contributed by atoms with Crippen molar-refractivity contribution in [2.24, 2.45) is 0 Å². The molecule has 1 aromatic rings. The molecule has 0 radical (unpaired) electrons. The summed E-state index contributed by atoms with van der Waals surface area (Å²) in [6.45, 7) is 1.37. The molecule has 1 aliphatic carbocycles. The Morgan fingerprint density at radius 2 is 2.04 bits per heavy atom. The van der Waals surface area contributed by atoms with Crippen LogP contribution in [0.1, 0.15) is 47.4 Å². The maximum Gasteiger partial charge on any atom is 0.274 e. The summed E-state index contributed by atoms with van der Waals surface area (Å²) in [5.74, 6) is -0.00403. The third kappa shape index (κ3) is 2.56. The fraction of sp³-hybridized carbons (Fsp3) is 0.750. The van der Waals surface area contributed by atoms with Crippen molar-refractivity contribution in [3.8, 4) is 0 Å². The number of aliphatic hydroxyl groups is 2. The van der Waals surface area contributed by atoms with Crippen LogP contribution in [0.15, 0.2) is 0 Å². The number of aryl methyl sites for hydroxylation is 1. The third-order valence-electron chi connectivity index (χ3n) is 5.56. The number of likely N-dealkylation sites (tertiary alicyclic amines) is 1. The van der Waals surface area contributed by atoms with Crippen molar-refractivity contribution in [1.29, 1.82) is 0 Å². The van der Waals surface area contributed by atoms with Crippen molar-refractivity contribution < 1.29 is 19.7 Å². The molecule has 2 saturated heterocycles. The summed E-state index contributed by atoms with van der Waals surface area (Å²) in [6.07, 6.45) is 3.27. The third-order valence-corrected chi connectivity index (χ3v) is 5.56. The van der Waals surface area contributed by atoms with Gasteiger partial charge in [-0.1, -0.05) is 0 Å². The molecule has 1 amide bonds. The summed E-state index contributed by atoms with van der Waals surface area (Å²) < 4.78 is 5.81. The largest absolute Gasteiger partial charge is 0.390 e. The molecule has 3 aliphatic rings. The van der Waals surface area contributed by atoms with E-state index >= 15 is 0 Å². The summed E-state index contributed by atoms with van der Waals surface area (Å²) in [6, 6.07) is 0. The van der Waals surface area contributed by atoms with Crippen LogP contribution in [0.2, 0.25) is 0 Å². The van der Waals surface area contributed by atoms with Gasteiger partial charge in [-0.05, 0) is 32.1 Å². The molecule has 7 heteroatoms. The highest BCUT2D eigenvalue weighted by atomic mass is 16.5. The summed E-state index contributed by atoms with van der Waals surface area (Å²) >= 11 is 0. The Bertz CT molecular complexity index is 606. The highest BCUT2D eigenvalue weighted by molar-refractivity contribution is 5.94. The van der Waals surface area contributed by atoms with Crippen molar-refractivity contribution in [3.63, 3.8) is 0 Å². The first-order chi connectivity index (χ1) is 11.1. The van der Waals surface area contributed by atoms with E-state index in [1.165, 1.54) is 0 Å². The molecule has 1 spiro atoms. The monoisotopic (exact) mass is 321 g/mol. The van der Waals surface area contributed by atoms with Gasteiger partial charge in [0, 0.05) is 30.8 Å². The highest BCUT2D eigenvalue weighted by Crippen LogP contribution is 2.36. The van der Waals surface area contributed by atoms with Crippen LogP contribution in [0.4, 0.5) is 0 Å². The van der Waals surface area contributed by atoms with Gasteiger partial charge in [-0.25, -0.2) is 0 Å². The average molecular weight is 321 g/mol. The van der Waals surface area contributed by atoms with Gasteiger partial charge in [-0.15, -0.1) is 0 Å². The number of H-pyrrole nitrogens is 1. The van der Waals surface area contributed by atoms with Crippen LogP contribution in [-0.4, -0.2) is 68.7 Å². The van der Waals surface area contributed by atoms with E-state index in [-0.39, 0.29) is 12.5 Å². The zero-order valence-corrected chi connectivity index (χ0v) is 13.1. The summed E-state index contributed by atoms with van der Waals surface area (Å²) in [5.41, 5.74) is 2.37. The van der Waals surface area contributed by atoms with Crippen molar-refractivity contribution in [1.82, 2.24) is 15.1 Å². The molecular formula is C16H23N3O4. The fourth-order valence-corrected chi connectivity index (χ4v) is 4.06. The smallest absolute Gasteiger partial charge is 0.274 e. The van der Waals surface area contributed by atoms with Gasteiger partial charge in [-0.2, -0.15) is 5.10 Å². The Kier molecular flexibility index (Phi) is 3.66. The number of carbonyl (C=O) groups excluding carboxylic acids is 1. The molecular weight excluding hydrogens is 298 g/mol. The minimum atomic E-state index is -0.799. The van der Waals surface area contributed by atoms with Crippen LogP contribution in [0.3, 0.4) is 0 Å². The number of hydrogen-bond donors (Lipinski definition) is 3. The van der Waals surface area contributed by atoms with Gasteiger partial charge >= 0.3 is 0 Å². The second kappa shape index (κ2) is 5.58. The lowest BCUT2D eigenvalue weighted by molar-refractivity contribution is -0.185. The number of carbonyl (C=O) groups is 1. The number of fused-ring (bicyclic) bond motifs is 1. The molecule has 0 bridgehead atoms. The predicted molar refractivity (Wildman–Crippen MR) is 81.1 cm³/mol. The Morgan fingerprint density at radius 1 is 1.26 bits per heavy atom. The van der Waals surface area contributed by atoms with Gasteiger partial charge in [0.05, 0.1) is 18.3 Å². The summed E-state index contributed by atoms with van der Waals surface area (Å²) in [7, 11) is 0. The van der Waals surface area contributed by atoms with Gasteiger partial charge in [0.25, 0.3) is 5.91 Å². The first kappa shape index (κ1) is 15.1. The maximum absolute atomic E-state index is 12.7. The van der Waals surface area contributed by atoms with E-state index in [0.717, 1.165) is 30.5 Å². The number of rotatable bonds is 1. The van der Waals surface area contributed by atoms with Crippen LogP contribution in [0.5, 0.6) is 0 Å². The van der Waals surface area contributed by atoms with E-state index < -0.39 is 17.8 Å². The number of aromatic amines is 1. The molecule has 7 nitrogen and oxygen atoms in total. The number of aliphatic hydroxyl groups excluding tert-OH is 2. The van der Waals surface area contributed by atoms with Crippen LogP contribution in [0, 0.1) is 0 Å². The molecule has 2 atom stereocenters. The number of nitrogens with zero attached hydrogens (tertiary/aromatic N) is 2. The number of nitrogens with one attached hydrogen (secondary N) is 1. The SMILES string of the molecule is O=C(c1n[nH]c2c1CCC2)N1CCC2(CC1)C[C@@H](O)[C@@H](O)CO2. The molecule has 3 heterocycles. The second-order valence-corrected chi connectivity index (χ2v) is 7.01. The van der Waals surface area contributed by atoms with E-state index in [1.807, 2.05) is 4.90 Å². The molecule has 2 aliphatic heterocycles. The topological polar surface area (TPSA) is 98.7 Å². The Hall–Kier alpha value is -1.44. The molecule has 3 N–H and O–H groups in total. The van der Waals surface area contributed by atoms with Crippen LogP contribution >= 0.6 is 0 Å². The lowest BCUT2D eigenvalue weighted by atomic mass is 9.82. The zero-order valence-electron chi connectivity index (χ0n) is 13.1. The van der Waals surface area contributed by atoms with Crippen LogP contribution in [0.25, 0.3) is 0 Å². The average Bonchev–Trinajstić information content (AvgIpc) is 3.15. The number of aromatic nitrogens is 2. The molecule has 0 unspecified atom stereocenters. The number of piperidine rings is 1. The van der Waals surface area contributed by atoms with Gasteiger partial charge in [-0.3, -0.25) is 9.89 Å². The van der Waals surface area contributed by atoms with Crippen molar-refractivity contribution in [3.05, 3.63) is 17.0 Å². The molecule has 0 saturated carbocycles. The molecule has 1 aromatic heterocycles. The van der Waals surface area contributed by atoms with Crippen molar-refractivity contribution >= 4 is 5.91 Å². The fourth-order valence-electron chi connectivity index (χ4n) is 4.06. The zero-order chi connectivity index (χ0) is 16.0. The highest BCUT2D eigenvalue weighted by Gasteiger charge is 2.44. The normalized spacial score (nSPS) is 29.7. The number of ether oxygens (including phenoxy) is 1. The van der Waals surface area contributed by atoms with Crippen LogP contribution in [-0.2, 0) is 17.6 Å². The molecule has 4 rings (SSSR count). The Labute approximate surface area is 134 Å². The lowest BCUT2D eigenvalue weighted by Gasteiger charge is -2.46. The Balaban J connectivity index is 1.42. The van der Waals surface area contributed by atoms with E-state index in [2.05, 4.69) is 10.2 Å². The standard InChI is InChI=1S/C16H23N3O4/c20-12-8-16(23-9-13(12)21)4-6-19(7-5-16)15(22)14-10-2-1-3-11(10)17-18-14/h12-13,20-21H,1-9H2,(H,17,18)/t12-,13+/m1/s1. The van der Waals surface area contributed by atoms with E-state index in [0.29, 0.717) is 38.0 Å². The first-order valence-corrected chi connectivity index (χ1v) is 8.43. The minimum Gasteiger partial charge on any atom is -0.390 e. The number of amides is 1. The van der Waals surface area contributed by atoms with E-state index in [9.17, 15) is 15.0 Å². The maximum atomic E-state index is 12.7. The predicted octanol–water partition coefficient (Wildman–Crippen LogP) is 0.0153. The minimum absolute atomic E-state index is 0.00403. The summed E-state index contributed by atoms with van der Waals surface area (Å²) in [4.78, 5) is 14.6. The first-order valence-electron chi connectivity index (χ1n) is 8.43. The Morgan fingerprint density at radius 3 is 2.78 bits per heavy atom. The molecule has 0 aromatic carbocycles. The van der Waals surface area contributed by atoms with E-state index in [4.69, 9.17) is 4.74 Å². The molecule has 23 heavy (non-hydrogen) atoms. The van der Waals surface area contributed by atoms with Crippen molar-refractivity contribution in [2.45, 2.75) is 56.3 Å². The second-order valence-electron chi connectivity index (χ2n) is 7.01. The molecule has 126 valence electrons. The number of hydrogen-bond acceptors (Lipinski definition) is 5. The molecule has 2 fully saturated rings. The van der Waals surface area contributed by atoms with Gasteiger partial charge in [0.1, 0.15) is 6.10 Å². The van der Waals surface area contributed by atoms with E-state index in [1.54, 1.807) is 0 Å². The van der Waals surface area contributed by atoms with Gasteiger partial charge < -0.3 is 19.8 Å². The van der Waals surface area contributed by atoms with Gasteiger partial charge in [0.2, 0.25) is 0 Å². The van der Waals surface area contributed by atoms with Gasteiger partial charge in [0.15, 0.2) is 5.69 Å².